The van der Waals surface area contributed by atoms with Gasteiger partial charge in [-0.05, 0) is 5.92 Å². The van der Waals surface area contributed by atoms with Crippen molar-refractivity contribution in [1.29, 1.82) is 0 Å². The Morgan fingerprint density at radius 3 is 2.62 bits per heavy atom. The van der Waals surface area contributed by atoms with Crippen molar-refractivity contribution < 1.29 is 0 Å². The summed E-state index contributed by atoms with van der Waals surface area (Å²) in [4.78, 5) is 26.6. The molecule has 86 valence electrons. The normalized spacial score (nSPS) is 11.5. The molecule has 0 spiro atoms. The summed E-state index contributed by atoms with van der Waals surface area (Å²) < 4.78 is 2.79. The van der Waals surface area contributed by atoms with Gasteiger partial charge in [0.15, 0.2) is 0 Å². The minimum atomic E-state index is -0.259. The number of rotatable bonds is 2. The Morgan fingerprint density at radius 2 is 2.00 bits per heavy atom. The standard InChI is InChI=1S/C11H15N3O2/c1-7(2)6-14-9-5-12-4-8(9)10(15)13(3)11(14)16/h4-5,7,12H,6H2,1-3H3. The van der Waals surface area contributed by atoms with E-state index >= 15 is 0 Å². The molecule has 16 heavy (non-hydrogen) atoms. The van der Waals surface area contributed by atoms with Gasteiger partial charge in [-0.2, -0.15) is 0 Å². The Bertz CT molecular complexity index is 631. The first kappa shape index (κ1) is 10.7. The predicted octanol–water partition coefficient (Wildman–Crippen LogP) is 0.684. The Hall–Kier alpha value is -1.78. The Balaban J connectivity index is 2.86. The lowest BCUT2D eigenvalue weighted by molar-refractivity contribution is 0.503. The monoisotopic (exact) mass is 221 g/mol. The number of aromatic amines is 1. The van der Waals surface area contributed by atoms with Crippen molar-refractivity contribution >= 4 is 10.9 Å². The topological polar surface area (TPSA) is 59.8 Å². The summed E-state index contributed by atoms with van der Waals surface area (Å²) in [6.07, 6.45) is 3.33. The van der Waals surface area contributed by atoms with Gasteiger partial charge in [-0.25, -0.2) is 4.79 Å². The average molecular weight is 221 g/mol. The van der Waals surface area contributed by atoms with Crippen molar-refractivity contribution in [3.05, 3.63) is 33.2 Å². The van der Waals surface area contributed by atoms with E-state index in [2.05, 4.69) is 4.98 Å². The van der Waals surface area contributed by atoms with E-state index < -0.39 is 0 Å². The molecule has 0 fully saturated rings. The molecule has 0 saturated heterocycles. The third-order valence-electron chi connectivity index (χ3n) is 2.62. The molecule has 0 aromatic carbocycles. The van der Waals surface area contributed by atoms with Crippen LogP contribution in [0, 0.1) is 5.92 Å². The van der Waals surface area contributed by atoms with Crippen molar-refractivity contribution in [2.45, 2.75) is 20.4 Å². The summed E-state index contributed by atoms with van der Waals surface area (Å²) in [6.45, 7) is 4.69. The first-order chi connectivity index (χ1) is 7.52. The zero-order valence-electron chi connectivity index (χ0n) is 9.65. The van der Waals surface area contributed by atoms with Gasteiger partial charge in [-0.1, -0.05) is 13.8 Å². The third kappa shape index (κ3) is 1.48. The highest BCUT2D eigenvalue weighted by molar-refractivity contribution is 5.77. The van der Waals surface area contributed by atoms with Crippen LogP contribution in [0.5, 0.6) is 0 Å². The summed E-state index contributed by atoms with van der Waals surface area (Å²) in [5, 5.41) is 0.558. The summed E-state index contributed by atoms with van der Waals surface area (Å²) in [5.41, 5.74) is 0.175. The molecule has 0 aliphatic rings. The summed E-state index contributed by atoms with van der Waals surface area (Å²) in [5.74, 6) is 0.355. The lowest BCUT2D eigenvalue weighted by Gasteiger charge is -2.11. The molecular formula is C11H15N3O2. The van der Waals surface area contributed by atoms with Crippen LogP contribution in [0.2, 0.25) is 0 Å². The highest BCUT2D eigenvalue weighted by Crippen LogP contribution is 2.08. The Kier molecular flexibility index (Phi) is 2.46. The molecule has 2 heterocycles. The van der Waals surface area contributed by atoms with E-state index in [9.17, 15) is 9.59 Å². The van der Waals surface area contributed by atoms with Crippen LogP contribution in [-0.4, -0.2) is 14.1 Å². The van der Waals surface area contributed by atoms with Crippen molar-refractivity contribution in [2.75, 3.05) is 0 Å². The SMILES string of the molecule is CC(C)Cn1c(=O)n(C)c(=O)c2c[nH]cc21. The molecule has 2 rings (SSSR count). The second-order valence-electron chi connectivity index (χ2n) is 4.41. The summed E-state index contributed by atoms with van der Waals surface area (Å²) >= 11 is 0. The van der Waals surface area contributed by atoms with Crippen LogP contribution in [0.3, 0.4) is 0 Å². The van der Waals surface area contributed by atoms with Crippen LogP contribution in [0.25, 0.3) is 10.9 Å². The molecule has 0 unspecified atom stereocenters. The number of H-pyrrole nitrogens is 1. The van der Waals surface area contributed by atoms with E-state index in [0.717, 1.165) is 4.57 Å². The van der Waals surface area contributed by atoms with Gasteiger partial charge in [-0.3, -0.25) is 13.9 Å². The van der Waals surface area contributed by atoms with Gasteiger partial charge in [0, 0.05) is 26.0 Å². The fraction of sp³-hybridized carbons (Fsp3) is 0.455. The summed E-state index contributed by atoms with van der Waals surface area (Å²) in [7, 11) is 1.51. The van der Waals surface area contributed by atoms with Crippen molar-refractivity contribution in [3.63, 3.8) is 0 Å². The van der Waals surface area contributed by atoms with Gasteiger partial charge in [0.2, 0.25) is 0 Å². The zero-order chi connectivity index (χ0) is 11.9. The molecule has 2 aromatic heterocycles. The van der Waals surface area contributed by atoms with Gasteiger partial charge in [0.05, 0.1) is 10.9 Å². The second kappa shape index (κ2) is 3.66. The molecule has 0 saturated carbocycles. The van der Waals surface area contributed by atoms with E-state index in [1.54, 1.807) is 17.0 Å². The minimum Gasteiger partial charge on any atom is -0.365 e. The molecule has 0 radical (unpaired) electrons. The average Bonchev–Trinajstić information content (AvgIpc) is 2.69. The van der Waals surface area contributed by atoms with Crippen LogP contribution in [0.1, 0.15) is 13.8 Å². The molecule has 5 nitrogen and oxygen atoms in total. The van der Waals surface area contributed by atoms with Crippen LogP contribution in [-0.2, 0) is 13.6 Å². The van der Waals surface area contributed by atoms with E-state index in [1.165, 1.54) is 7.05 Å². The van der Waals surface area contributed by atoms with E-state index in [4.69, 9.17) is 0 Å². The van der Waals surface area contributed by atoms with E-state index in [-0.39, 0.29) is 11.2 Å². The number of hydrogen-bond acceptors (Lipinski definition) is 2. The van der Waals surface area contributed by atoms with Gasteiger partial charge in [0.25, 0.3) is 5.56 Å². The molecule has 0 aliphatic carbocycles. The molecule has 0 aliphatic heterocycles. The molecule has 2 aromatic rings. The fourth-order valence-electron chi connectivity index (χ4n) is 1.84. The highest BCUT2D eigenvalue weighted by Gasteiger charge is 2.11. The molecule has 1 N–H and O–H groups in total. The quantitative estimate of drug-likeness (QED) is 0.810. The molecule has 0 amide bonds. The first-order valence-electron chi connectivity index (χ1n) is 5.28. The van der Waals surface area contributed by atoms with Crippen LogP contribution >= 0.6 is 0 Å². The fourth-order valence-corrected chi connectivity index (χ4v) is 1.84. The molecule has 0 atom stereocenters. The summed E-state index contributed by atoms with van der Waals surface area (Å²) in [6, 6.07) is 0. The van der Waals surface area contributed by atoms with Crippen LogP contribution < -0.4 is 11.2 Å². The van der Waals surface area contributed by atoms with E-state index in [0.29, 0.717) is 23.4 Å². The van der Waals surface area contributed by atoms with Crippen molar-refractivity contribution in [2.24, 2.45) is 13.0 Å². The van der Waals surface area contributed by atoms with E-state index in [1.807, 2.05) is 13.8 Å². The third-order valence-corrected chi connectivity index (χ3v) is 2.62. The second-order valence-corrected chi connectivity index (χ2v) is 4.41. The molecule has 5 heteroatoms. The maximum Gasteiger partial charge on any atom is 0.331 e. The zero-order valence-corrected chi connectivity index (χ0v) is 9.65. The smallest absolute Gasteiger partial charge is 0.331 e. The Morgan fingerprint density at radius 1 is 1.31 bits per heavy atom. The van der Waals surface area contributed by atoms with Gasteiger partial charge < -0.3 is 4.98 Å². The number of nitrogens with one attached hydrogen (secondary N) is 1. The first-order valence-corrected chi connectivity index (χ1v) is 5.28. The van der Waals surface area contributed by atoms with Crippen molar-refractivity contribution in [3.8, 4) is 0 Å². The lowest BCUT2D eigenvalue weighted by atomic mass is 10.2. The maximum absolute atomic E-state index is 11.9. The van der Waals surface area contributed by atoms with Crippen LogP contribution in [0.15, 0.2) is 22.0 Å². The number of fused-ring (bicyclic) bond motifs is 1. The Labute approximate surface area is 92.3 Å². The van der Waals surface area contributed by atoms with Crippen LogP contribution in [0.4, 0.5) is 0 Å². The minimum absolute atomic E-state index is 0.249. The van der Waals surface area contributed by atoms with Crippen molar-refractivity contribution in [1.82, 2.24) is 14.1 Å². The van der Waals surface area contributed by atoms with Gasteiger partial charge in [0.1, 0.15) is 0 Å². The predicted molar refractivity (Wildman–Crippen MR) is 62.6 cm³/mol. The highest BCUT2D eigenvalue weighted by atomic mass is 16.2. The lowest BCUT2D eigenvalue weighted by Crippen LogP contribution is -2.38. The van der Waals surface area contributed by atoms with Gasteiger partial charge >= 0.3 is 5.69 Å². The number of hydrogen-bond donors (Lipinski definition) is 1. The molecular weight excluding hydrogens is 206 g/mol. The molecule has 0 bridgehead atoms. The van der Waals surface area contributed by atoms with Gasteiger partial charge in [-0.15, -0.1) is 0 Å². The maximum atomic E-state index is 11.9. The number of nitrogens with zero attached hydrogens (tertiary/aromatic N) is 2. The number of aromatic nitrogens is 3. The largest absolute Gasteiger partial charge is 0.365 e.